The fourth-order valence-electron chi connectivity index (χ4n) is 4.46. The Bertz CT molecular complexity index is 938. The zero-order chi connectivity index (χ0) is 23.5. The van der Waals surface area contributed by atoms with Gasteiger partial charge in [0.15, 0.2) is 0 Å². The molecule has 1 aliphatic heterocycles. The van der Waals surface area contributed by atoms with Crippen molar-refractivity contribution in [2.75, 3.05) is 38.0 Å². The van der Waals surface area contributed by atoms with Crippen molar-refractivity contribution in [2.24, 2.45) is 0 Å². The molecule has 2 aliphatic rings. The van der Waals surface area contributed by atoms with Crippen LogP contribution in [-0.2, 0) is 19.6 Å². The van der Waals surface area contributed by atoms with E-state index >= 15 is 0 Å². The lowest BCUT2D eigenvalue weighted by Gasteiger charge is -2.47. The maximum absolute atomic E-state index is 13.6. The molecule has 1 atom stereocenters. The molecule has 0 spiro atoms. The van der Waals surface area contributed by atoms with Crippen molar-refractivity contribution in [2.45, 2.75) is 57.5 Å². The minimum Gasteiger partial charge on any atom is -0.497 e. The Kier molecular flexibility index (Phi) is 7.34. The fraction of sp³-hybridized carbons (Fsp3) is 0.636. The fourth-order valence-corrected chi connectivity index (χ4v) is 5.58. The Hall–Kier alpha value is -2.33. The number of anilines is 1. The number of hydrogen-bond donors (Lipinski definition) is 1. The molecule has 0 aromatic heterocycles. The van der Waals surface area contributed by atoms with Crippen LogP contribution < -0.4 is 19.7 Å². The van der Waals surface area contributed by atoms with Crippen molar-refractivity contribution in [1.29, 1.82) is 0 Å². The first-order chi connectivity index (χ1) is 15.1. The van der Waals surface area contributed by atoms with Gasteiger partial charge in [0.25, 0.3) is 0 Å². The first-order valence-corrected chi connectivity index (χ1v) is 12.6. The lowest BCUT2D eigenvalue weighted by Crippen LogP contribution is -2.71. The first kappa shape index (κ1) is 24.3. The van der Waals surface area contributed by atoms with Crippen LogP contribution in [-0.4, -0.2) is 69.2 Å². The molecule has 1 aliphatic carbocycles. The number of carbonyl (C=O) groups excluding carboxylic acids is 2. The Morgan fingerprint density at radius 2 is 1.72 bits per heavy atom. The number of piperazine rings is 1. The topological polar surface area (TPSA) is 105 Å². The highest BCUT2D eigenvalue weighted by molar-refractivity contribution is 7.89. The van der Waals surface area contributed by atoms with Gasteiger partial charge in [-0.3, -0.25) is 14.5 Å². The molecule has 178 valence electrons. The molecule has 1 aromatic carbocycles. The molecule has 32 heavy (non-hydrogen) atoms. The predicted molar refractivity (Wildman–Crippen MR) is 121 cm³/mol. The van der Waals surface area contributed by atoms with Crippen LogP contribution in [0.5, 0.6) is 11.5 Å². The number of methoxy groups -OCH3 is 2. The second kappa shape index (κ2) is 9.66. The summed E-state index contributed by atoms with van der Waals surface area (Å²) in [5, 5.41) is 3.08. The number of carbonyl (C=O) groups is 2. The van der Waals surface area contributed by atoms with Crippen molar-refractivity contribution < 1.29 is 27.5 Å². The molecule has 2 fully saturated rings. The van der Waals surface area contributed by atoms with Crippen LogP contribution >= 0.6 is 0 Å². The SMILES string of the molecule is CCS(=O)(=O)N1CC(=O)N(c2cc(OC)cc(OC)c2)C(C)(C(=O)NC2CCCCC2)C1. The van der Waals surface area contributed by atoms with Crippen LogP contribution in [0.3, 0.4) is 0 Å². The van der Waals surface area contributed by atoms with E-state index in [-0.39, 0.29) is 30.8 Å². The normalized spacial score (nSPS) is 23.1. The van der Waals surface area contributed by atoms with Gasteiger partial charge in [-0.05, 0) is 26.7 Å². The van der Waals surface area contributed by atoms with Gasteiger partial charge in [-0.2, -0.15) is 4.31 Å². The number of benzene rings is 1. The van der Waals surface area contributed by atoms with E-state index in [1.165, 1.54) is 26.0 Å². The van der Waals surface area contributed by atoms with Crippen molar-refractivity contribution in [3.63, 3.8) is 0 Å². The van der Waals surface area contributed by atoms with Gasteiger partial charge in [0.05, 0.1) is 32.2 Å². The van der Waals surface area contributed by atoms with Crippen LogP contribution in [0.4, 0.5) is 5.69 Å². The van der Waals surface area contributed by atoms with Crippen LogP contribution in [0.15, 0.2) is 18.2 Å². The summed E-state index contributed by atoms with van der Waals surface area (Å²) in [5.41, 5.74) is -1.02. The average molecular weight is 468 g/mol. The van der Waals surface area contributed by atoms with Gasteiger partial charge in [0, 0.05) is 30.8 Å². The Balaban J connectivity index is 2.04. The highest BCUT2D eigenvalue weighted by Gasteiger charge is 2.51. The predicted octanol–water partition coefficient (Wildman–Crippen LogP) is 1.91. The standard InChI is InChI=1S/C22H33N3O6S/c1-5-32(28,29)24-14-20(26)25(17-11-18(30-3)13-19(12-17)31-4)22(2,15-24)21(27)23-16-9-7-6-8-10-16/h11-13,16H,5-10,14-15H2,1-4H3,(H,23,27). The van der Waals surface area contributed by atoms with E-state index in [9.17, 15) is 18.0 Å². The van der Waals surface area contributed by atoms with E-state index in [0.717, 1.165) is 36.4 Å². The molecule has 2 amide bonds. The second-order valence-corrected chi connectivity index (χ2v) is 10.8. The van der Waals surface area contributed by atoms with Crippen LogP contribution in [0.25, 0.3) is 0 Å². The summed E-state index contributed by atoms with van der Waals surface area (Å²) in [5.74, 6) is -0.0647. The third kappa shape index (κ3) is 4.85. The molecule has 10 heteroatoms. The number of nitrogens with zero attached hydrogens (tertiary/aromatic N) is 2. The zero-order valence-electron chi connectivity index (χ0n) is 19.2. The summed E-state index contributed by atoms with van der Waals surface area (Å²) in [6.45, 7) is 2.68. The minimum absolute atomic E-state index is 0.0167. The summed E-state index contributed by atoms with van der Waals surface area (Å²) < 4.78 is 37.1. The number of amides is 2. The molecule has 0 bridgehead atoms. The monoisotopic (exact) mass is 467 g/mol. The van der Waals surface area contributed by atoms with Gasteiger partial charge in [0.2, 0.25) is 21.8 Å². The van der Waals surface area contributed by atoms with Gasteiger partial charge in [-0.25, -0.2) is 8.42 Å². The van der Waals surface area contributed by atoms with Gasteiger partial charge in [-0.15, -0.1) is 0 Å². The summed E-state index contributed by atoms with van der Waals surface area (Å²) in [7, 11) is -0.664. The number of rotatable bonds is 7. The molecule has 1 heterocycles. The smallest absolute Gasteiger partial charge is 0.247 e. The van der Waals surface area contributed by atoms with E-state index in [1.807, 2.05) is 0 Å². The van der Waals surface area contributed by atoms with Gasteiger partial charge in [0.1, 0.15) is 17.0 Å². The summed E-state index contributed by atoms with van der Waals surface area (Å²) >= 11 is 0. The first-order valence-electron chi connectivity index (χ1n) is 11.0. The maximum atomic E-state index is 13.6. The van der Waals surface area contributed by atoms with E-state index in [2.05, 4.69) is 5.32 Å². The number of ether oxygens (including phenoxy) is 2. The van der Waals surface area contributed by atoms with E-state index in [4.69, 9.17) is 9.47 Å². The average Bonchev–Trinajstić information content (AvgIpc) is 2.78. The molecule has 1 aromatic rings. The molecule has 9 nitrogen and oxygen atoms in total. The second-order valence-electron chi connectivity index (χ2n) is 8.55. The third-order valence-electron chi connectivity index (χ3n) is 6.32. The highest BCUT2D eigenvalue weighted by Crippen LogP contribution is 2.36. The molecule has 1 N–H and O–H groups in total. The molecular formula is C22H33N3O6S. The van der Waals surface area contributed by atoms with Gasteiger partial charge < -0.3 is 14.8 Å². The van der Waals surface area contributed by atoms with Crippen LogP contribution in [0, 0.1) is 0 Å². The van der Waals surface area contributed by atoms with Crippen LogP contribution in [0.2, 0.25) is 0 Å². The third-order valence-corrected chi connectivity index (χ3v) is 8.10. The maximum Gasteiger partial charge on any atom is 0.247 e. The summed E-state index contributed by atoms with van der Waals surface area (Å²) in [4.78, 5) is 28.3. The molecule has 1 unspecified atom stereocenters. The van der Waals surface area contributed by atoms with E-state index in [1.54, 1.807) is 25.1 Å². The Morgan fingerprint density at radius 3 is 2.25 bits per heavy atom. The van der Waals surface area contributed by atoms with Gasteiger partial charge >= 0.3 is 0 Å². The minimum atomic E-state index is -3.67. The highest BCUT2D eigenvalue weighted by atomic mass is 32.2. The molecule has 0 radical (unpaired) electrons. The van der Waals surface area contributed by atoms with Gasteiger partial charge in [-0.1, -0.05) is 19.3 Å². The lowest BCUT2D eigenvalue weighted by molar-refractivity contribution is -0.133. The largest absolute Gasteiger partial charge is 0.497 e. The van der Waals surface area contributed by atoms with Crippen molar-refractivity contribution >= 4 is 27.5 Å². The summed E-state index contributed by atoms with van der Waals surface area (Å²) in [6, 6.07) is 4.99. The quantitative estimate of drug-likeness (QED) is 0.657. The van der Waals surface area contributed by atoms with Crippen LogP contribution in [0.1, 0.15) is 46.0 Å². The Labute approximate surface area is 190 Å². The number of hydrogen-bond acceptors (Lipinski definition) is 6. The van der Waals surface area contributed by atoms with Crippen molar-refractivity contribution in [3.8, 4) is 11.5 Å². The van der Waals surface area contributed by atoms with Crippen molar-refractivity contribution in [1.82, 2.24) is 9.62 Å². The number of nitrogens with one attached hydrogen (secondary N) is 1. The summed E-state index contributed by atoms with van der Waals surface area (Å²) in [6.07, 6.45) is 4.96. The van der Waals surface area contributed by atoms with E-state index < -0.39 is 21.5 Å². The molecule has 3 rings (SSSR count). The zero-order valence-corrected chi connectivity index (χ0v) is 20.0. The van der Waals surface area contributed by atoms with E-state index in [0.29, 0.717) is 17.2 Å². The molecule has 1 saturated carbocycles. The lowest BCUT2D eigenvalue weighted by atomic mass is 9.91. The van der Waals surface area contributed by atoms with Crippen molar-refractivity contribution in [3.05, 3.63) is 18.2 Å². The molecular weight excluding hydrogens is 434 g/mol. The Morgan fingerprint density at radius 1 is 1.12 bits per heavy atom. The molecule has 1 saturated heterocycles. The number of sulfonamides is 1.